The summed E-state index contributed by atoms with van der Waals surface area (Å²) in [5.41, 5.74) is 1.50. The van der Waals surface area contributed by atoms with Crippen molar-refractivity contribution in [2.24, 2.45) is 5.92 Å². The molecule has 3 rings (SSSR count). The van der Waals surface area contributed by atoms with Crippen LogP contribution in [0.5, 0.6) is 5.75 Å². The molecule has 1 amide bonds. The van der Waals surface area contributed by atoms with E-state index in [1.54, 1.807) is 19.5 Å². The highest BCUT2D eigenvalue weighted by atomic mass is 16.5. The SMILES string of the molecule is COc1ccc(-c2nccnc2NC(=O)[C@H]2CCOC2)cc1. The van der Waals surface area contributed by atoms with Gasteiger partial charge in [-0.25, -0.2) is 4.98 Å². The second-order valence-corrected chi connectivity index (χ2v) is 5.03. The molecule has 0 unspecified atom stereocenters. The number of nitrogens with zero attached hydrogens (tertiary/aromatic N) is 2. The van der Waals surface area contributed by atoms with Crippen LogP contribution in [0.25, 0.3) is 11.3 Å². The molecule has 1 aliphatic heterocycles. The maximum Gasteiger partial charge on any atom is 0.231 e. The average Bonchev–Trinajstić information content (AvgIpc) is 3.10. The monoisotopic (exact) mass is 299 g/mol. The first-order chi connectivity index (χ1) is 10.8. The minimum Gasteiger partial charge on any atom is -0.497 e. The van der Waals surface area contributed by atoms with Crippen LogP contribution in [0.3, 0.4) is 0 Å². The van der Waals surface area contributed by atoms with Crippen LogP contribution in [-0.4, -0.2) is 36.2 Å². The Morgan fingerprint density at radius 3 is 2.73 bits per heavy atom. The van der Waals surface area contributed by atoms with Crippen LogP contribution >= 0.6 is 0 Å². The summed E-state index contributed by atoms with van der Waals surface area (Å²) in [5.74, 6) is 1.03. The van der Waals surface area contributed by atoms with E-state index in [1.165, 1.54) is 0 Å². The van der Waals surface area contributed by atoms with Gasteiger partial charge in [0, 0.05) is 24.6 Å². The number of aromatic nitrogens is 2. The number of hydrogen-bond donors (Lipinski definition) is 1. The molecule has 6 heteroatoms. The molecule has 1 aromatic heterocycles. The maximum absolute atomic E-state index is 12.2. The number of hydrogen-bond acceptors (Lipinski definition) is 5. The van der Waals surface area contributed by atoms with Gasteiger partial charge in [-0.1, -0.05) is 0 Å². The molecule has 0 bridgehead atoms. The summed E-state index contributed by atoms with van der Waals surface area (Å²) in [4.78, 5) is 20.8. The minimum atomic E-state index is -0.120. The van der Waals surface area contributed by atoms with Crippen LogP contribution in [0.2, 0.25) is 0 Å². The number of benzene rings is 1. The molecule has 22 heavy (non-hydrogen) atoms. The third-order valence-electron chi connectivity index (χ3n) is 3.60. The second kappa shape index (κ2) is 6.53. The summed E-state index contributed by atoms with van der Waals surface area (Å²) in [6.45, 7) is 1.09. The number of rotatable bonds is 4. The third-order valence-corrected chi connectivity index (χ3v) is 3.60. The normalized spacial score (nSPS) is 17.2. The van der Waals surface area contributed by atoms with Crippen molar-refractivity contribution in [3.63, 3.8) is 0 Å². The zero-order valence-corrected chi connectivity index (χ0v) is 12.3. The number of ether oxygens (including phenoxy) is 2. The Labute approximate surface area is 128 Å². The van der Waals surface area contributed by atoms with Crippen molar-refractivity contribution in [3.8, 4) is 17.0 Å². The summed E-state index contributed by atoms with van der Waals surface area (Å²) < 4.78 is 10.4. The van der Waals surface area contributed by atoms with Crippen molar-refractivity contribution in [1.82, 2.24) is 9.97 Å². The summed E-state index contributed by atoms with van der Waals surface area (Å²) in [5, 5.41) is 2.86. The molecule has 1 aromatic carbocycles. The lowest BCUT2D eigenvalue weighted by molar-refractivity contribution is -0.119. The number of amides is 1. The molecule has 0 radical (unpaired) electrons. The van der Waals surface area contributed by atoms with E-state index < -0.39 is 0 Å². The summed E-state index contributed by atoms with van der Waals surface area (Å²) >= 11 is 0. The van der Waals surface area contributed by atoms with Crippen LogP contribution in [0.1, 0.15) is 6.42 Å². The first kappa shape index (κ1) is 14.5. The van der Waals surface area contributed by atoms with Crippen LogP contribution < -0.4 is 10.1 Å². The van der Waals surface area contributed by atoms with Crippen molar-refractivity contribution in [3.05, 3.63) is 36.7 Å². The van der Waals surface area contributed by atoms with Crippen molar-refractivity contribution < 1.29 is 14.3 Å². The number of carbonyl (C=O) groups excluding carboxylic acids is 1. The van der Waals surface area contributed by atoms with Crippen molar-refractivity contribution in [1.29, 1.82) is 0 Å². The molecule has 2 aromatic rings. The van der Waals surface area contributed by atoms with E-state index in [9.17, 15) is 4.79 Å². The number of anilines is 1. The maximum atomic E-state index is 12.2. The van der Waals surface area contributed by atoms with Gasteiger partial charge >= 0.3 is 0 Å². The first-order valence-corrected chi connectivity index (χ1v) is 7.12. The van der Waals surface area contributed by atoms with Gasteiger partial charge in [0.25, 0.3) is 0 Å². The van der Waals surface area contributed by atoms with E-state index in [0.717, 1.165) is 17.7 Å². The van der Waals surface area contributed by atoms with E-state index in [4.69, 9.17) is 9.47 Å². The average molecular weight is 299 g/mol. The zero-order chi connectivity index (χ0) is 15.4. The molecular weight excluding hydrogens is 282 g/mol. The van der Waals surface area contributed by atoms with Gasteiger partial charge in [-0.3, -0.25) is 9.78 Å². The van der Waals surface area contributed by atoms with E-state index >= 15 is 0 Å². The number of methoxy groups -OCH3 is 1. The first-order valence-electron chi connectivity index (χ1n) is 7.12. The van der Waals surface area contributed by atoms with E-state index in [1.807, 2.05) is 24.3 Å². The Balaban J connectivity index is 1.83. The van der Waals surface area contributed by atoms with E-state index in [0.29, 0.717) is 24.7 Å². The van der Waals surface area contributed by atoms with Crippen LogP contribution in [0, 0.1) is 5.92 Å². The Hall–Kier alpha value is -2.47. The number of nitrogens with one attached hydrogen (secondary N) is 1. The summed E-state index contributed by atoms with van der Waals surface area (Å²) in [6, 6.07) is 7.47. The molecule has 114 valence electrons. The molecule has 1 fully saturated rings. The van der Waals surface area contributed by atoms with Crippen molar-refractivity contribution in [2.75, 3.05) is 25.6 Å². The highest BCUT2D eigenvalue weighted by Gasteiger charge is 2.24. The largest absolute Gasteiger partial charge is 0.497 e. The third kappa shape index (κ3) is 3.07. The Kier molecular flexibility index (Phi) is 4.29. The fourth-order valence-electron chi connectivity index (χ4n) is 2.35. The molecule has 1 aliphatic rings. The lowest BCUT2D eigenvalue weighted by Crippen LogP contribution is -2.23. The summed E-state index contributed by atoms with van der Waals surface area (Å²) in [7, 11) is 1.62. The van der Waals surface area contributed by atoms with Gasteiger partial charge in [-0.2, -0.15) is 0 Å². The van der Waals surface area contributed by atoms with Gasteiger partial charge in [0.15, 0.2) is 5.82 Å². The highest BCUT2D eigenvalue weighted by molar-refractivity contribution is 5.94. The zero-order valence-electron chi connectivity index (χ0n) is 12.3. The highest BCUT2D eigenvalue weighted by Crippen LogP contribution is 2.26. The standard InChI is InChI=1S/C16H17N3O3/c1-21-13-4-2-11(3-5-13)14-15(18-8-7-17-14)19-16(20)12-6-9-22-10-12/h2-5,7-8,12H,6,9-10H2,1H3,(H,18,19,20)/t12-/m0/s1. The van der Waals surface area contributed by atoms with Crippen molar-refractivity contribution in [2.45, 2.75) is 6.42 Å². The topological polar surface area (TPSA) is 73.3 Å². The molecule has 1 atom stereocenters. The second-order valence-electron chi connectivity index (χ2n) is 5.03. The fraction of sp³-hybridized carbons (Fsp3) is 0.312. The van der Waals surface area contributed by atoms with E-state index in [2.05, 4.69) is 15.3 Å². The molecule has 6 nitrogen and oxygen atoms in total. The van der Waals surface area contributed by atoms with Gasteiger partial charge < -0.3 is 14.8 Å². The van der Waals surface area contributed by atoms with Gasteiger partial charge in [0.1, 0.15) is 11.4 Å². The molecule has 2 heterocycles. The molecule has 1 saturated heterocycles. The van der Waals surface area contributed by atoms with Gasteiger partial charge in [0.05, 0.1) is 19.6 Å². The predicted molar refractivity (Wildman–Crippen MR) is 81.6 cm³/mol. The van der Waals surface area contributed by atoms with Crippen LogP contribution in [0.4, 0.5) is 5.82 Å². The van der Waals surface area contributed by atoms with Crippen LogP contribution in [0.15, 0.2) is 36.7 Å². The molecule has 0 spiro atoms. The lowest BCUT2D eigenvalue weighted by atomic mass is 10.1. The Morgan fingerprint density at radius 2 is 2.05 bits per heavy atom. The Morgan fingerprint density at radius 1 is 1.27 bits per heavy atom. The smallest absolute Gasteiger partial charge is 0.231 e. The van der Waals surface area contributed by atoms with Gasteiger partial charge in [-0.05, 0) is 30.7 Å². The fourth-order valence-corrected chi connectivity index (χ4v) is 2.35. The molecule has 0 aliphatic carbocycles. The van der Waals surface area contributed by atoms with Crippen molar-refractivity contribution >= 4 is 11.7 Å². The van der Waals surface area contributed by atoms with Crippen LogP contribution in [-0.2, 0) is 9.53 Å². The lowest BCUT2D eigenvalue weighted by Gasteiger charge is -2.12. The van der Waals surface area contributed by atoms with Gasteiger partial charge in [-0.15, -0.1) is 0 Å². The Bertz CT molecular complexity index is 652. The van der Waals surface area contributed by atoms with E-state index in [-0.39, 0.29) is 11.8 Å². The predicted octanol–water partition coefficient (Wildman–Crippen LogP) is 2.13. The van der Waals surface area contributed by atoms with Gasteiger partial charge in [0.2, 0.25) is 5.91 Å². The summed E-state index contributed by atoms with van der Waals surface area (Å²) in [6.07, 6.45) is 3.91. The quantitative estimate of drug-likeness (QED) is 0.936. The molecular formula is C16H17N3O3. The minimum absolute atomic E-state index is 0.0761. The molecule has 1 N–H and O–H groups in total. The number of carbonyl (C=O) groups is 1. The molecule has 0 saturated carbocycles.